The van der Waals surface area contributed by atoms with Gasteiger partial charge in [0.2, 0.25) is 5.91 Å². The molecular weight excluding hydrogens is 448 g/mol. The maximum atomic E-state index is 12.2. The number of amides is 2. The van der Waals surface area contributed by atoms with Crippen molar-refractivity contribution < 1.29 is 29.3 Å². The summed E-state index contributed by atoms with van der Waals surface area (Å²) in [6.45, 7) is 0.150. The van der Waals surface area contributed by atoms with Crippen LogP contribution in [0.25, 0.3) is 11.1 Å². The van der Waals surface area contributed by atoms with Crippen LogP contribution in [0, 0.1) is 0 Å². The summed E-state index contributed by atoms with van der Waals surface area (Å²) in [7, 11) is 0. The molecule has 0 bridgehead atoms. The van der Waals surface area contributed by atoms with Crippen molar-refractivity contribution in [3.05, 3.63) is 95.1 Å². The van der Waals surface area contributed by atoms with Gasteiger partial charge in [-0.2, -0.15) is 0 Å². The topological polar surface area (TPSA) is 125 Å². The van der Waals surface area contributed by atoms with E-state index in [1.807, 2.05) is 36.4 Å². The molecule has 8 heteroatoms. The molecule has 0 fully saturated rings. The molecule has 4 N–H and O–H groups in total. The van der Waals surface area contributed by atoms with E-state index in [1.54, 1.807) is 12.1 Å². The fraction of sp³-hybridized carbons (Fsp3) is 0.222. The van der Waals surface area contributed by atoms with Crippen molar-refractivity contribution >= 4 is 18.0 Å². The van der Waals surface area contributed by atoms with E-state index in [1.165, 1.54) is 12.1 Å². The number of aromatic carboxylic acids is 1. The Hall–Kier alpha value is -4.17. The van der Waals surface area contributed by atoms with Gasteiger partial charge in [-0.1, -0.05) is 60.7 Å². The third-order valence-corrected chi connectivity index (χ3v) is 5.91. The zero-order valence-electron chi connectivity index (χ0n) is 18.9. The highest BCUT2D eigenvalue weighted by Gasteiger charge is 2.29. The van der Waals surface area contributed by atoms with Crippen LogP contribution in [0.2, 0.25) is 0 Å². The Morgan fingerprint density at radius 1 is 0.886 bits per heavy atom. The van der Waals surface area contributed by atoms with Gasteiger partial charge < -0.3 is 25.6 Å². The van der Waals surface area contributed by atoms with Gasteiger partial charge >= 0.3 is 12.1 Å². The number of aliphatic hydroxyl groups is 1. The summed E-state index contributed by atoms with van der Waals surface area (Å²) in [4.78, 5) is 35.3. The molecule has 0 radical (unpaired) electrons. The predicted octanol–water partition coefficient (Wildman–Crippen LogP) is 3.29. The number of carboxylic acid groups (broad SMARTS) is 1. The second kappa shape index (κ2) is 10.8. The lowest BCUT2D eigenvalue weighted by atomic mass is 9.98. The van der Waals surface area contributed by atoms with Gasteiger partial charge in [0.1, 0.15) is 6.61 Å². The van der Waals surface area contributed by atoms with Gasteiger partial charge in [0.15, 0.2) is 0 Å². The van der Waals surface area contributed by atoms with E-state index in [9.17, 15) is 19.5 Å². The Morgan fingerprint density at radius 3 is 2.20 bits per heavy atom. The Labute approximate surface area is 202 Å². The maximum absolute atomic E-state index is 12.2. The molecule has 180 valence electrons. The normalized spacial score (nSPS) is 12.8. The summed E-state index contributed by atoms with van der Waals surface area (Å²) >= 11 is 0. The van der Waals surface area contributed by atoms with E-state index in [0.717, 1.165) is 22.3 Å². The number of hydrogen-bond donors (Lipinski definition) is 4. The maximum Gasteiger partial charge on any atom is 0.407 e. The first-order valence-electron chi connectivity index (χ1n) is 11.3. The lowest BCUT2D eigenvalue weighted by molar-refractivity contribution is -0.123. The Kier molecular flexibility index (Phi) is 7.42. The SMILES string of the molecule is O=C(CC(O)CNC(=O)OCC1c2ccccc2-c2ccccc21)NCc1cccc(C(=O)O)c1. The van der Waals surface area contributed by atoms with Gasteiger partial charge in [-0.25, -0.2) is 9.59 Å². The highest BCUT2D eigenvalue weighted by Crippen LogP contribution is 2.44. The minimum absolute atomic E-state index is 0.0662. The molecule has 0 heterocycles. The summed E-state index contributed by atoms with van der Waals surface area (Å²) < 4.78 is 5.42. The van der Waals surface area contributed by atoms with Crippen molar-refractivity contribution in [3.63, 3.8) is 0 Å². The molecule has 1 unspecified atom stereocenters. The van der Waals surface area contributed by atoms with Crippen molar-refractivity contribution in [3.8, 4) is 11.1 Å². The van der Waals surface area contributed by atoms with Gasteiger partial charge in [-0.3, -0.25) is 4.79 Å². The molecule has 4 rings (SSSR count). The highest BCUT2D eigenvalue weighted by molar-refractivity contribution is 5.87. The first kappa shape index (κ1) is 24.0. The number of aliphatic hydroxyl groups excluding tert-OH is 1. The van der Waals surface area contributed by atoms with E-state index in [0.29, 0.717) is 5.56 Å². The minimum Gasteiger partial charge on any atom is -0.478 e. The fourth-order valence-corrected chi connectivity index (χ4v) is 4.22. The predicted molar refractivity (Wildman–Crippen MR) is 129 cm³/mol. The number of alkyl carbamates (subject to hydrolysis) is 1. The van der Waals surface area contributed by atoms with E-state index >= 15 is 0 Å². The number of nitrogens with one attached hydrogen (secondary N) is 2. The summed E-state index contributed by atoms with van der Waals surface area (Å²) in [6, 6.07) is 22.3. The first-order chi connectivity index (χ1) is 16.9. The Bertz CT molecular complexity index is 1200. The number of hydrogen-bond acceptors (Lipinski definition) is 5. The van der Waals surface area contributed by atoms with Crippen LogP contribution in [-0.4, -0.2) is 47.4 Å². The first-order valence-corrected chi connectivity index (χ1v) is 11.3. The standard InChI is InChI=1S/C27H26N2O6/c30-19(13-25(31)28-14-17-6-5-7-18(12-17)26(32)33)15-29-27(34)35-16-24-22-10-3-1-8-20(22)21-9-2-4-11-23(21)24/h1-12,19,24,30H,13-16H2,(H,28,31)(H,29,34)(H,32,33). The number of fused-ring (bicyclic) bond motifs is 3. The van der Waals surface area contributed by atoms with Crippen molar-refractivity contribution in [2.45, 2.75) is 25.0 Å². The van der Waals surface area contributed by atoms with Gasteiger partial charge in [-0.05, 0) is 39.9 Å². The second-order valence-corrected chi connectivity index (χ2v) is 8.35. The third-order valence-electron chi connectivity index (χ3n) is 5.91. The van der Waals surface area contributed by atoms with Crippen LogP contribution < -0.4 is 10.6 Å². The monoisotopic (exact) mass is 474 g/mol. The summed E-state index contributed by atoms with van der Waals surface area (Å²) in [5, 5.41) is 24.3. The molecule has 1 atom stereocenters. The molecule has 0 aliphatic heterocycles. The average Bonchev–Trinajstić information content (AvgIpc) is 3.19. The van der Waals surface area contributed by atoms with Crippen molar-refractivity contribution in [2.75, 3.05) is 13.2 Å². The smallest absolute Gasteiger partial charge is 0.407 e. The second-order valence-electron chi connectivity index (χ2n) is 8.35. The van der Waals surface area contributed by atoms with Crippen LogP contribution in [0.5, 0.6) is 0 Å². The van der Waals surface area contributed by atoms with Gasteiger partial charge in [0.25, 0.3) is 0 Å². The molecule has 0 saturated carbocycles. The summed E-state index contributed by atoms with van der Waals surface area (Å²) in [6.07, 6.45) is -1.99. The van der Waals surface area contributed by atoms with E-state index in [4.69, 9.17) is 9.84 Å². The molecule has 1 aliphatic carbocycles. The zero-order chi connectivity index (χ0) is 24.8. The van der Waals surface area contributed by atoms with Crippen LogP contribution in [0.1, 0.15) is 39.4 Å². The van der Waals surface area contributed by atoms with E-state index in [2.05, 4.69) is 22.8 Å². The molecule has 8 nitrogen and oxygen atoms in total. The number of rotatable bonds is 9. The molecule has 0 spiro atoms. The quantitative estimate of drug-likeness (QED) is 0.377. The Morgan fingerprint density at radius 2 is 1.54 bits per heavy atom. The van der Waals surface area contributed by atoms with Crippen molar-refractivity contribution in [1.82, 2.24) is 10.6 Å². The van der Waals surface area contributed by atoms with Crippen LogP contribution in [-0.2, 0) is 16.1 Å². The molecule has 0 saturated heterocycles. The van der Waals surface area contributed by atoms with Gasteiger partial charge in [0.05, 0.1) is 18.1 Å². The molecule has 2 amide bonds. The largest absolute Gasteiger partial charge is 0.478 e. The van der Waals surface area contributed by atoms with Crippen LogP contribution in [0.3, 0.4) is 0 Å². The summed E-state index contributed by atoms with van der Waals surface area (Å²) in [5.41, 5.74) is 5.23. The number of ether oxygens (including phenoxy) is 1. The number of carboxylic acids is 1. The highest BCUT2D eigenvalue weighted by atomic mass is 16.5. The lowest BCUT2D eigenvalue weighted by Gasteiger charge is -2.16. The minimum atomic E-state index is -1.10. The molecule has 3 aromatic rings. The van der Waals surface area contributed by atoms with Crippen LogP contribution in [0.15, 0.2) is 72.8 Å². The summed E-state index contributed by atoms with van der Waals surface area (Å²) in [5.74, 6) is -1.54. The zero-order valence-corrected chi connectivity index (χ0v) is 18.9. The molecule has 3 aromatic carbocycles. The van der Waals surface area contributed by atoms with E-state index in [-0.39, 0.29) is 37.6 Å². The fourth-order valence-electron chi connectivity index (χ4n) is 4.22. The van der Waals surface area contributed by atoms with Crippen LogP contribution >= 0.6 is 0 Å². The number of carbonyl (C=O) groups is 3. The molecule has 0 aromatic heterocycles. The molecule has 1 aliphatic rings. The Balaban J connectivity index is 1.21. The number of benzene rings is 3. The van der Waals surface area contributed by atoms with Crippen molar-refractivity contribution in [1.29, 1.82) is 0 Å². The number of carbonyl (C=O) groups excluding carboxylic acids is 2. The van der Waals surface area contributed by atoms with Gasteiger partial charge in [-0.15, -0.1) is 0 Å². The average molecular weight is 475 g/mol. The van der Waals surface area contributed by atoms with E-state index < -0.39 is 24.1 Å². The van der Waals surface area contributed by atoms with Crippen LogP contribution in [0.4, 0.5) is 4.79 Å². The lowest BCUT2D eigenvalue weighted by Crippen LogP contribution is -2.36. The molecular formula is C27H26N2O6. The third kappa shape index (κ3) is 5.85. The van der Waals surface area contributed by atoms with Gasteiger partial charge in [0, 0.05) is 19.0 Å². The van der Waals surface area contributed by atoms with Crippen molar-refractivity contribution in [2.24, 2.45) is 0 Å². The molecule has 35 heavy (non-hydrogen) atoms.